The van der Waals surface area contributed by atoms with Gasteiger partial charge in [0.2, 0.25) is 5.91 Å². The van der Waals surface area contributed by atoms with Crippen LogP contribution >= 0.6 is 15.9 Å². The molecule has 152 valence electrons. The van der Waals surface area contributed by atoms with Crippen molar-refractivity contribution in [1.82, 2.24) is 15.2 Å². The van der Waals surface area contributed by atoms with E-state index in [1.54, 1.807) is 0 Å². The molecule has 1 aromatic carbocycles. The van der Waals surface area contributed by atoms with E-state index in [1.807, 2.05) is 31.2 Å². The minimum Gasteiger partial charge on any atom is -0.295 e. The van der Waals surface area contributed by atoms with E-state index < -0.39 is 0 Å². The molecule has 1 aromatic heterocycles. The molecule has 4 saturated carbocycles. The van der Waals surface area contributed by atoms with Crippen LogP contribution in [0, 0.1) is 30.1 Å². The molecule has 6 rings (SSSR count). The van der Waals surface area contributed by atoms with Crippen molar-refractivity contribution in [2.75, 3.05) is 0 Å². The number of halogens is 1. The Morgan fingerprint density at radius 2 is 1.76 bits per heavy atom. The number of benzene rings is 1. The van der Waals surface area contributed by atoms with E-state index in [9.17, 15) is 9.59 Å². The summed E-state index contributed by atoms with van der Waals surface area (Å²) in [5, 5.41) is 7.26. The first-order valence-corrected chi connectivity index (χ1v) is 11.1. The van der Waals surface area contributed by atoms with Gasteiger partial charge in [0.15, 0.2) is 0 Å². The van der Waals surface area contributed by atoms with E-state index in [0.29, 0.717) is 29.0 Å². The number of aromatic nitrogens is 2. The Hall–Kier alpha value is -2.15. The summed E-state index contributed by atoms with van der Waals surface area (Å²) >= 11 is 3.40. The molecule has 0 spiro atoms. The molecular formula is C22H25BrN4O2. The molecule has 4 bridgehead atoms. The van der Waals surface area contributed by atoms with Gasteiger partial charge in [0.05, 0.1) is 22.9 Å². The van der Waals surface area contributed by atoms with Crippen molar-refractivity contribution in [3.63, 3.8) is 0 Å². The molecule has 0 saturated heterocycles. The molecule has 0 unspecified atom stereocenters. The number of aromatic amines is 1. The van der Waals surface area contributed by atoms with Crippen molar-refractivity contribution < 1.29 is 4.79 Å². The van der Waals surface area contributed by atoms with Crippen LogP contribution in [-0.2, 0) is 4.79 Å². The van der Waals surface area contributed by atoms with Gasteiger partial charge in [0.1, 0.15) is 0 Å². The highest BCUT2D eigenvalue weighted by atomic mass is 79.9. The molecule has 2 aromatic rings. The molecule has 1 amide bonds. The first-order valence-electron chi connectivity index (χ1n) is 10.3. The lowest BCUT2D eigenvalue weighted by atomic mass is 9.49. The van der Waals surface area contributed by atoms with Crippen LogP contribution in [0.1, 0.15) is 49.8 Å². The van der Waals surface area contributed by atoms with Gasteiger partial charge in [-0.15, -0.1) is 0 Å². The van der Waals surface area contributed by atoms with Crippen molar-refractivity contribution in [3.05, 3.63) is 50.3 Å². The fourth-order valence-corrected chi connectivity index (χ4v) is 6.41. The monoisotopic (exact) mass is 456 g/mol. The van der Waals surface area contributed by atoms with Crippen LogP contribution in [0.5, 0.6) is 0 Å². The number of rotatable bonds is 4. The van der Waals surface area contributed by atoms with Crippen LogP contribution in [0.25, 0.3) is 5.69 Å². The predicted molar refractivity (Wildman–Crippen MR) is 115 cm³/mol. The molecule has 2 N–H and O–H groups in total. The van der Waals surface area contributed by atoms with Gasteiger partial charge in [-0.2, -0.15) is 5.10 Å². The highest BCUT2D eigenvalue weighted by Crippen LogP contribution is 2.60. The summed E-state index contributed by atoms with van der Waals surface area (Å²) in [6, 6.07) is 7.49. The van der Waals surface area contributed by atoms with Gasteiger partial charge in [-0.05, 0) is 87.5 Å². The van der Waals surface area contributed by atoms with E-state index in [0.717, 1.165) is 29.4 Å². The van der Waals surface area contributed by atoms with Crippen molar-refractivity contribution in [1.29, 1.82) is 0 Å². The third-order valence-electron chi connectivity index (χ3n) is 7.08. The number of aryl methyl sites for hydroxylation is 1. The number of hydrogen-bond acceptors (Lipinski definition) is 3. The van der Waals surface area contributed by atoms with Gasteiger partial charge in [0, 0.05) is 10.2 Å². The number of carbonyl (C=O) groups is 1. The second kappa shape index (κ2) is 6.97. The van der Waals surface area contributed by atoms with Crippen LogP contribution < -0.4 is 11.0 Å². The summed E-state index contributed by atoms with van der Waals surface area (Å²) < 4.78 is 2.44. The van der Waals surface area contributed by atoms with Crippen molar-refractivity contribution in [2.45, 2.75) is 45.4 Å². The Morgan fingerprint density at radius 1 is 1.17 bits per heavy atom. The van der Waals surface area contributed by atoms with Crippen molar-refractivity contribution in [3.8, 4) is 5.69 Å². The number of nitrogens with one attached hydrogen (secondary N) is 2. The van der Waals surface area contributed by atoms with Crippen molar-refractivity contribution in [2.24, 2.45) is 28.3 Å². The lowest BCUT2D eigenvalue weighted by Crippen LogP contribution is -2.52. The Bertz CT molecular complexity index is 999. The first kappa shape index (κ1) is 18.9. The lowest BCUT2D eigenvalue weighted by Gasteiger charge is -2.55. The smallest absolute Gasteiger partial charge is 0.280 e. The van der Waals surface area contributed by atoms with Crippen LogP contribution in [0.2, 0.25) is 0 Å². The van der Waals surface area contributed by atoms with E-state index in [2.05, 4.69) is 31.6 Å². The number of nitrogens with zero attached hydrogens (tertiary/aromatic N) is 2. The largest absolute Gasteiger partial charge is 0.295 e. The highest BCUT2D eigenvalue weighted by Gasteiger charge is 2.54. The molecule has 4 fully saturated rings. The van der Waals surface area contributed by atoms with Crippen LogP contribution in [0.4, 0.5) is 0 Å². The molecule has 7 heteroatoms. The van der Waals surface area contributed by atoms with Crippen LogP contribution in [-0.4, -0.2) is 21.9 Å². The van der Waals surface area contributed by atoms with Gasteiger partial charge in [-0.3, -0.25) is 14.7 Å². The Labute approximate surface area is 177 Å². The number of amides is 1. The van der Waals surface area contributed by atoms with Crippen LogP contribution in [0.15, 0.2) is 38.6 Å². The SMILES string of the molecule is Cc1[nH]n(-c2ccc(Br)cc2)c(=O)c1/C=N/NC(=O)C12CC3CC(CC(C3)C1)C2. The zero-order chi connectivity index (χ0) is 20.2. The number of hydrogen-bond donors (Lipinski definition) is 2. The van der Waals surface area contributed by atoms with E-state index in [4.69, 9.17) is 0 Å². The van der Waals surface area contributed by atoms with Gasteiger partial charge >= 0.3 is 0 Å². The first-order chi connectivity index (χ1) is 13.9. The highest BCUT2D eigenvalue weighted by molar-refractivity contribution is 9.10. The predicted octanol–water partition coefficient (Wildman–Crippen LogP) is 3.90. The zero-order valence-electron chi connectivity index (χ0n) is 16.5. The molecule has 0 atom stereocenters. The minimum atomic E-state index is -0.239. The fraction of sp³-hybridized carbons (Fsp3) is 0.500. The van der Waals surface area contributed by atoms with Crippen LogP contribution in [0.3, 0.4) is 0 Å². The second-order valence-corrected chi connectivity index (χ2v) is 10.1. The quantitative estimate of drug-likeness (QED) is 0.540. The minimum absolute atomic E-state index is 0.0364. The second-order valence-electron chi connectivity index (χ2n) is 9.16. The van der Waals surface area contributed by atoms with Crippen molar-refractivity contribution >= 4 is 28.1 Å². The molecule has 0 aliphatic heterocycles. The maximum atomic E-state index is 13.0. The average molecular weight is 457 g/mol. The van der Waals surface area contributed by atoms with Gasteiger partial charge in [-0.1, -0.05) is 15.9 Å². The molecule has 6 nitrogen and oxygen atoms in total. The fourth-order valence-electron chi connectivity index (χ4n) is 6.15. The van der Waals surface area contributed by atoms with Gasteiger partial charge < -0.3 is 0 Å². The number of H-pyrrole nitrogens is 1. The third-order valence-corrected chi connectivity index (χ3v) is 7.61. The summed E-state index contributed by atoms with van der Waals surface area (Å²) in [6.45, 7) is 1.83. The standard InChI is InChI=1S/C22H25BrN4O2/c1-13-19(20(28)27(26-13)18-4-2-17(23)3-5-18)12-24-25-21(29)22-9-14-6-15(10-22)8-16(7-14)11-22/h2-5,12,14-16,26H,6-11H2,1H3,(H,25,29)/b24-12+. The van der Waals surface area contributed by atoms with Gasteiger partial charge in [-0.25, -0.2) is 10.1 Å². The Balaban J connectivity index is 1.33. The normalized spacial score (nSPS) is 30.2. The summed E-state index contributed by atoms with van der Waals surface area (Å²) in [7, 11) is 0. The van der Waals surface area contributed by atoms with Gasteiger partial charge in [0.25, 0.3) is 5.56 Å². The molecule has 29 heavy (non-hydrogen) atoms. The molecule has 4 aliphatic rings. The topological polar surface area (TPSA) is 79.2 Å². The summed E-state index contributed by atoms with van der Waals surface area (Å²) in [5.74, 6) is 2.16. The average Bonchev–Trinajstić information content (AvgIpc) is 2.95. The molecular weight excluding hydrogens is 432 g/mol. The zero-order valence-corrected chi connectivity index (χ0v) is 18.0. The summed E-state index contributed by atoms with van der Waals surface area (Å²) in [4.78, 5) is 25.8. The third kappa shape index (κ3) is 3.29. The number of carbonyl (C=O) groups excluding carboxylic acids is 1. The number of hydrazone groups is 1. The molecule has 4 aliphatic carbocycles. The van der Waals surface area contributed by atoms with E-state index in [-0.39, 0.29) is 16.9 Å². The lowest BCUT2D eigenvalue weighted by molar-refractivity contribution is -0.146. The summed E-state index contributed by atoms with van der Waals surface area (Å²) in [5.41, 5.74) is 4.26. The molecule has 0 radical (unpaired) electrons. The maximum absolute atomic E-state index is 13.0. The Morgan fingerprint density at radius 3 is 2.34 bits per heavy atom. The van der Waals surface area contributed by atoms with E-state index in [1.165, 1.54) is 30.2 Å². The Kier molecular flexibility index (Phi) is 4.53. The maximum Gasteiger partial charge on any atom is 0.280 e. The molecule has 1 heterocycles. The summed E-state index contributed by atoms with van der Waals surface area (Å²) in [6.07, 6.45) is 8.37. The van der Waals surface area contributed by atoms with E-state index >= 15 is 0 Å².